The zero-order valence-corrected chi connectivity index (χ0v) is 18.5. The van der Waals surface area contributed by atoms with Gasteiger partial charge in [0.15, 0.2) is 5.69 Å². The van der Waals surface area contributed by atoms with Gasteiger partial charge in [-0.25, -0.2) is 4.39 Å². The largest absolute Gasteiger partial charge is 0.368 e. The van der Waals surface area contributed by atoms with Crippen LogP contribution in [0.2, 0.25) is 5.02 Å². The normalized spacial score (nSPS) is 17.3. The highest BCUT2D eigenvalue weighted by molar-refractivity contribution is 6.30. The van der Waals surface area contributed by atoms with Gasteiger partial charge in [-0.05, 0) is 12.1 Å². The van der Waals surface area contributed by atoms with Gasteiger partial charge in [0.25, 0.3) is 5.91 Å². The van der Waals surface area contributed by atoms with Crippen molar-refractivity contribution in [1.82, 2.24) is 20.0 Å². The lowest BCUT2D eigenvalue weighted by Gasteiger charge is -2.45. The van der Waals surface area contributed by atoms with Crippen LogP contribution in [0.3, 0.4) is 0 Å². The van der Waals surface area contributed by atoms with Gasteiger partial charge in [-0.3, -0.25) is 23.9 Å². The molecule has 2 atom stereocenters. The van der Waals surface area contributed by atoms with Crippen LogP contribution in [0, 0.1) is 5.82 Å². The third-order valence-corrected chi connectivity index (χ3v) is 5.99. The maximum absolute atomic E-state index is 14.1. The Labute approximate surface area is 197 Å². The zero-order valence-electron chi connectivity index (χ0n) is 17.7. The van der Waals surface area contributed by atoms with E-state index in [2.05, 4.69) is 10.4 Å². The summed E-state index contributed by atoms with van der Waals surface area (Å²) in [7, 11) is 0. The molecule has 0 unspecified atom stereocenters. The summed E-state index contributed by atoms with van der Waals surface area (Å²) in [6.07, 6.45) is 0.0251. The first-order valence-electron chi connectivity index (χ1n) is 10.3. The molecule has 2 aromatic carbocycles. The fourth-order valence-electron chi connectivity index (χ4n) is 3.98. The molecule has 0 bridgehead atoms. The molecular weight excluding hydrogens is 467 g/mol. The maximum atomic E-state index is 14.1. The molecule has 2 heterocycles. The molecule has 1 aromatic heterocycles. The van der Waals surface area contributed by atoms with Crippen molar-refractivity contribution >= 4 is 46.1 Å². The fraction of sp³-hybridized carbons (Fsp3) is 0.227. The molecule has 1 aliphatic rings. The lowest BCUT2D eigenvalue weighted by molar-refractivity contribution is -0.159. The molecule has 3 aromatic rings. The third kappa shape index (κ3) is 4.17. The van der Waals surface area contributed by atoms with Crippen molar-refractivity contribution in [1.29, 1.82) is 0 Å². The van der Waals surface area contributed by atoms with Gasteiger partial charge in [-0.15, -0.1) is 0 Å². The van der Waals surface area contributed by atoms with E-state index in [0.717, 1.165) is 4.90 Å². The number of fused-ring (bicyclic) bond motifs is 1. The average Bonchev–Trinajstić information content (AvgIpc) is 3.12. The lowest BCUT2D eigenvalue weighted by atomic mass is 9.91. The number of benzene rings is 2. The van der Waals surface area contributed by atoms with E-state index in [1.165, 1.54) is 16.8 Å². The number of carbonyl (C=O) groups is 4. The molecule has 12 heteroatoms. The van der Waals surface area contributed by atoms with Crippen molar-refractivity contribution in [3.05, 3.63) is 64.6 Å². The number of nitrogens with zero attached hydrogens (tertiary/aromatic N) is 3. The number of likely N-dealkylation sites (tertiary alicyclic amines) is 1. The molecule has 10 nitrogen and oxygen atoms in total. The number of nitrogens with two attached hydrogens (primary N) is 2. The second kappa shape index (κ2) is 9.10. The maximum Gasteiger partial charge on any atom is 0.269 e. The van der Waals surface area contributed by atoms with E-state index in [9.17, 15) is 23.6 Å². The SMILES string of the molecule is NC(=O)c1nn(CC(=O)N2[C@@H](C(N)=O)C[C@@H]2C(=O)NCc2cccc(Cl)c2F)c2ccccc12. The Morgan fingerprint density at radius 2 is 1.82 bits per heavy atom. The molecule has 0 aliphatic carbocycles. The zero-order chi connectivity index (χ0) is 24.6. The van der Waals surface area contributed by atoms with E-state index in [1.807, 2.05) is 0 Å². The topological polar surface area (TPSA) is 153 Å². The molecule has 4 rings (SSSR count). The molecule has 0 spiro atoms. The van der Waals surface area contributed by atoms with Crippen LogP contribution < -0.4 is 16.8 Å². The minimum Gasteiger partial charge on any atom is -0.368 e. The summed E-state index contributed by atoms with van der Waals surface area (Å²) in [5, 5.41) is 7.07. The van der Waals surface area contributed by atoms with E-state index in [4.69, 9.17) is 23.1 Å². The van der Waals surface area contributed by atoms with E-state index in [0.29, 0.717) is 10.9 Å². The van der Waals surface area contributed by atoms with Crippen LogP contribution in [-0.4, -0.2) is 50.4 Å². The molecule has 1 fully saturated rings. The summed E-state index contributed by atoms with van der Waals surface area (Å²) >= 11 is 5.76. The van der Waals surface area contributed by atoms with Crippen molar-refractivity contribution in [3.8, 4) is 0 Å². The number of primary amides is 2. The summed E-state index contributed by atoms with van der Waals surface area (Å²) in [5.74, 6) is -3.35. The minimum absolute atomic E-state index is 0.00342. The number of hydrogen-bond acceptors (Lipinski definition) is 5. The summed E-state index contributed by atoms with van der Waals surface area (Å²) < 4.78 is 15.4. The van der Waals surface area contributed by atoms with Gasteiger partial charge in [-0.1, -0.05) is 41.9 Å². The van der Waals surface area contributed by atoms with E-state index < -0.39 is 41.5 Å². The number of aromatic nitrogens is 2. The Kier molecular flexibility index (Phi) is 6.20. The number of amides is 4. The quantitative estimate of drug-likeness (QED) is 0.448. The van der Waals surface area contributed by atoms with Crippen LogP contribution in [0.15, 0.2) is 42.5 Å². The number of halogens is 2. The lowest BCUT2D eigenvalue weighted by Crippen LogP contribution is -2.68. The summed E-state index contributed by atoms with van der Waals surface area (Å²) in [6.45, 7) is -0.513. The molecule has 0 radical (unpaired) electrons. The van der Waals surface area contributed by atoms with Crippen LogP contribution in [0.1, 0.15) is 22.5 Å². The van der Waals surface area contributed by atoms with Crippen LogP contribution >= 0.6 is 11.6 Å². The number of nitrogens with one attached hydrogen (secondary N) is 1. The average molecular weight is 487 g/mol. The first-order chi connectivity index (χ1) is 16.2. The van der Waals surface area contributed by atoms with Crippen LogP contribution in [-0.2, 0) is 27.5 Å². The third-order valence-electron chi connectivity index (χ3n) is 5.70. The smallest absolute Gasteiger partial charge is 0.269 e. The summed E-state index contributed by atoms with van der Waals surface area (Å²) in [5.41, 5.74) is 11.4. The van der Waals surface area contributed by atoms with Crippen LogP contribution in [0.25, 0.3) is 10.9 Å². The predicted octanol–water partition coefficient (Wildman–Crippen LogP) is 0.699. The Morgan fingerprint density at radius 1 is 1.09 bits per heavy atom. The summed E-state index contributed by atoms with van der Waals surface area (Å²) in [4.78, 5) is 50.5. The first kappa shape index (κ1) is 23.2. The molecule has 176 valence electrons. The van der Waals surface area contributed by atoms with Gasteiger partial charge >= 0.3 is 0 Å². The number of carbonyl (C=O) groups excluding carboxylic acids is 4. The number of hydrogen-bond donors (Lipinski definition) is 3. The number of rotatable bonds is 7. The minimum atomic E-state index is -0.983. The Bertz CT molecular complexity index is 1330. The Hall–Kier alpha value is -3.99. The highest BCUT2D eigenvalue weighted by Crippen LogP contribution is 2.28. The van der Waals surface area contributed by atoms with Crippen molar-refractivity contribution in [2.75, 3.05) is 0 Å². The van der Waals surface area contributed by atoms with Crippen molar-refractivity contribution in [3.63, 3.8) is 0 Å². The second-order valence-electron chi connectivity index (χ2n) is 7.79. The summed E-state index contributed by atoms with van der Waals surface area (Å²) in [6, 6.07) is 9.14. The van der Waals surface area contributed by atoms with Gasteiger partial charge in [-0.2, -0.15) is 5.10 Å². The Morgan fingerprint density at radius 3 is 2.53 bits per heavy atom. The molecule has 1 aliphatic heterocycles. The van der Waals surface area contributed by atoms with Crippen molar-refractivity contribution < 1.29 is 23.6 Å². The Balaban J connectivity index is 1.52. The van der Waals surface area contributed by atoms with Gasteiger partial charge in [0.05, 0.1) is 10.5 Å². The highest BCUT2D eigenvalue weighted by atomic mass is 35.5. The van der Waals surface area contributed by atoms with Gasteiger partial charge < -0.3 is 21.7 Å². The second-order valence-corrected chi connectivity index (χ2v) is 8.20. The van der Waals surface area contributed by atoms with Gasteiger partial charge in [0.1, 0.15) is 24.4 Å². The number of para-hydroxylation sites is 1. The standard InChI is InChI=1S/C22H20ClFN6O4/c23-13-6-3-4-11(18(13)24)9-27-22(34)16-8-15(20(25)32)30(16)17(31)10-29-14-7-2-1-5-12(14)19(28-29)21(26)33/h1-7,15-16H,8-10H2,(H2,25,32)(H2,26,33)(H,27,34)/t15-,16-/m1/s1. The van der Waals surface area contributed by atoms with E-state index in [1.54, 1.807) is 30.3 Å². The predicted molar refractivity (Wildman–Crippen MR) is 120 cm³/mol. The van der Waals surface area contributed by atoms with E-state index >= 15 is 0 Å². The molecule has 0 saturated carbocycles. The van der Waals surface area contributed by atoms with Crippen LogP contribution in [0.4, 0.5) is 4.39 Å². The highest BCUT2D eigenvalue weighted by Gasteiger charge is 2.48. The molecule has 4 amide bonds. The molecule has 34 heavy (non-hydrogen) atoms. The molecule has 1 saturated heterocycles. The van der Waals surface area contributed by atoms with Crippen molar-refractivity contribution in [2.24, 2.45) is 11.5 Å². The van der Waals surface area contributed by atoms with Crippen LogP contribution in [0.5, 0.6) is 0 Å². The van der Waals surface area contributed by atoms with E-state index in [-0.39, 0.29) is 35.8 Å². The van der Waals surface area contributed by atoms with Gasteiger partial charge in [0, 0.05) is 23.9 Å². The molecular formula is C22H20ClFN6O4. The first-order valence-corrected chi connectivity index (χ1v) is 10.6. The van der Waals surface area contributed by atoms with Gasteiger partial charge in [0.2, 0.25) is 17.7 Å². The monoisotopic (exact) mass is 486 g/mol. The van der Waals surface area contributed by atoms with Crippen molar-refractivity contribution in [2.45, 2.75) is 31.6 Å². The fourth-order valence-corrected chi connectivity index (χ4v) is 4.17. The molecule has 5 N–H and O–H groups in total.